The highest BCUT2D eigenvalue weighted by atomic mass is 19.1. The molecule has 1 aliphatic carbocycles. The van der Waals surface area contributed by atoms with Crippen LogP contribution >= 0.6 is 0 Å². The van der Waals surface area contributed by atoms with Crippen molar-refractivity contribution in [2.45, 2.75) is 39.0 Å². The van der Waals surface area contributed by atoms with Crippen LogP contribution in [-0.2, 0) is 4.79 Å². The van der Waals surface area contributed by atoms with Crippen LogP contribution in [0.4, 0.5) is 4.39 Å². The summed E-state index contributed by atoms with van der Waals surface area (Å²) in [6.07, 6.45) is 2.09. The molecule has 1 saturated carbocycles. The van der Waals surface area contributed by atoms with E-state index in [0.717, 1.165) is 0 Å². The number of benzene rings is 1. The maximum atomic E-state index is 13.6. The minimum atomic E-state index is -0.739. The van der Waals surface area contributed by atoms with Gasteiger partial charge in [0.25, 0.3) is 5.91 Å². The highest BCUT2D eigenvalue weighted by Gasteiger charge is 2.59. The number of carbonyl (C=O) groups is 2. The molecule has 1 saturated heterocycles. The number of amides is 1. The molecule has 2 heterocycles. The van der Waals surface area contributed by atoms with Crippen LogP contribution in [0.1, 0.15) is 55.5 Å². The van der Waals surface area contributed by atoms with Crippen LogP contribution in [0, 0.1) is 17.2 Å². The Bertz CT molecular complexity index is 931. The quantitative estimate of drug-likeness (QED) is 0.873. The molecule has 1 aliphatic heterocycles. The summed E-state index contributed by atoms with van der Waals surface area (Å²) in [5.41, 5.74) is 0.384. The fourth-order valence-electron chi connectivity index (χ4n) is 4.13. The molecule has 1 unspecified atom stereocenters. The molecule has 1 N–H and O–H groups in total. The molecule has 4 rings (SSSR count). The van der Waals surface area contributed by atoms with Gasteiger partial charge in [-0.25, -0.2) is 14.1 Å². The minimum Gasteiger partial charge on any atom is -0.481 e. The highest BCUT2D eigenvalue weighted by Crippen LogP contribution is 2.59. The molecular formula is C20H23FN4O3. The molecule has 7 nitrogen and oxygen atoms in total. The Hall–Kier alpha value is -2.77. The number of rotatable bonds is 4. The second kappa shape index (κ2) is 6.68. The van der Waals surface area contributed by atoms with Gasteiger partial charge in [0.15, 0.2) is 0 Å². The Morgan fingerprint density at radius 1 is 1.29 bits per heavy atom. The van der Waals surface area contributed by atoms with Gasteiger partial charge in [0.1, 0.15) is 11.6 Å². The monoisotopic (exact) mass is 386 g/mol. The van der Waals surface area contributed by atoms with Crippen LogP contribution in [0.25, 0.3) is 5.69 Å². The maximum absolute atomic E-state index is 13.6. The lowest BCUT2D eigenvalue weighted by atomic mass is 9.91. The molecule has 1 spiro atoms. The van der Waals surface area contributed by atoms with E-state index in [-0.39, 0.29) is 34.8 Å². The molecule has 2 fully saturated rings. The summed E-state index contributed by atoms with van der Waals surface area (Å²) in [7, 11) is 0. The maximum Gasteiger partial charge on any atom is 0.307 e. The van der Waals surface area contributed by atoms with Gasteiger partial charge in [-0.15, -0.1) is 5.10 Å². The summed E-state index contributed by atoms with van der Waals surface area (Å²) in [4.78, 5) is 30.3. The Balaban J connectivity index is 1.54. The molecule has 0 radical (unpaired) electrons. The van der Waals surface area contributed by atoms with Crippen LogP contribution in [-0.4, -0.2) is 49.7 Å². The average Bonchev–Trinajstić information content (AvgIpc) is 3.17. The number of piperidine rings is 1. The number of nitrogens with zero attached hydrogens (tertiary/aromatic N) is 4. The van der Waals surface area contributed by atoms with Crippen LogP contribution in [0.3, 0.4) is 0 Å². The van der Waals surface area contributed by atoms with Crippen molar-refractivity contribution < 1.29 is 19.1 Å². The standard InChI is InChI=1S/C20H23FN4O3/c1-12(2)17-22-16(23-25(17)14-5-3-4-13(21)10-14)18(26)24-8-6-20(7-9-24)11-15(20)19(27)28/h3-5,10,12,15H,6-9,11H2,1-2H3,(H,27,28). The van der Waals surface area contributed by atoms with Gasteiger partial charge >= 0.3 is 5.97 Å². The van der Waals surface area contributed by atoms with E-state index in [9.17, 15) is 19.1 Å². The molecule has 0 bridgehead atoms. The largest absolute Gasteiger partial charge is 0.481 e. The number of aliphatic carboxylic acids is 1. The zero-order valence-corrected chi connectivity index (χ0v) is 15.9. The molecule has 2 aromatic rings. The fraction of sp³-hybridized carbons (Fsp3) is 0.500. The van der Waals surface area contributed by atoms with E-state index in [1.54, 1.807) is 17.0 Å². The fourth-order valence-corrected chi connectivity index (χ4v) is 4.13. The van der Waals surface area contributed by atoms with E-state index in [0.29, 0.717) is 43.9 Å². The molecular weight excluding hydrogens is 363 g/mol. The third kappa shape index (κ3) is 3.16. The van der Waals surface area contributed by atoms with E-state index < -0.39 is 5.97 Å². The van der Waals surface area contributed by atoms with Crippen LogP contribution in [0.15, 0.2) is 24.3 Å². The van der Waals surface area contributed by atoms with Gasteiger partial charge < -0.3 is 10.0 Å². The van der Waals surface area contributed by atoms with Gasteiger partial charge in [-0.05, 0) is 42.9 Å². The van der Waals surface area contributed by atoms with Crippen molar-refractivity contribution in [3.8, 4) is 5.69 Å². The molecule has 1 atom stereocenters. The molecule has 2 aliphatic rings. The second-order valence-electron chi connectivity index (χ2n) is 8.09. The number of hydrogen-bond donors (Lipinski definition) is 1. The first-order valence-corrected chi connectivity index (χ1v) is 9.56. The van der Waals surface area contributed by atoms with Gasteiger partial charge in [-0.2, -0.15) is 0 Å². The van der Waals surface area contributed by atoms with E-state index in [1.165, 1.54) is 16.8 Å². The third-order valence-corrected chi connectivity index (χ3v) is 5.93. The van der Waals surface area contributed by atoms with E-state index in [2.05, 4.69) is 10.1 Å². The van der Waals surface area contributed by atoms with Gasteiger partial charge in [-0.3, -0.25) is 9.59 Å². The van der Waals surface area contributed by atoms with Gasteiger partial charge in [-0.1, -0.05) is 19.9 Å². The number of carbonyl (C=O) groups excluding carboxylic acids is 1. The van der Waals surface area contributed by atoms with Crippen molar-refractivity contribution in [1.82, 2.24) is 19.7 Å². The first kappa shape index (κ1) is 18.6. The van der Waals surface area contributed by atoms with Gasteiger partial charge in [0, 0.05) is 19.0 Å². The molecule has 1 aromatic carbocycles. The Labute approximate surface area is 162 Å². The Morgan fingerprint density at radius 2 is 2.00 bits per heavy atom. The van der Waals surface area contributed by atoms with Crippen LogP contribution in [0.2, 0.25) is 0 Å². The van der Waals surface area contributed by atoms with Gasteiger partial charge in [0.2, 0.25) is 5.82 Å². The van der Waals surface area contributed by atoms with Crippen molar-refractivity contribution in [3.63, 3.8) is 0 Å². The average molecular weight is 386 g/mol. The van der Waals surface area contributed by atoms with E-state index in [4.69, 9.17) is 0 Å². The first-order valence-electron chi connectivity index (χ1n) is 9.56. The minimum absolute atomic E-state index is 0.00438. The normalized spacial score (nSPS) is 20.6. The topological polar surface area (TPSA) is 88.3 Å². The molecule has 28 heavy (non-hydrogen) atoms. The summed E-state index contributed by atoms with van der Waals surface area (Å²) in [6, 6.07) is 6.03. The smallest absolute Gasteiger partial charge is 0.307 e. The SMILES string of the molecule is CC(C)c1nc(C(=O)N2CCC3(CC2)CC3C(=O)O)nn1-c1cccc(F)c1. The third-order valence-electron chi connectivity index (χ3n) is 5.93. The van der Waals surface area contributed by atoms with Crippen molar-refractivity contribution in [2.24, 2.45) is 11.3 Å². The number of likely N-dealkylation sites (tertiary alicyclic amines) is 1. The number of halogens is 1. The molecule has 148 valence electrons. The molecule has 8 heteroatoms. The Morgan fingerprint density at radius 3 is 2.57 bits per heavy atom. The van der Waals surface area contributed by atoms with E-state index in [1.807, 2.05) is 13.8 Å². The predicted molar refractivity (Wildman–Crippen MR) is 98.7 cm³/mol. The molecule has 1 aromatic heterocycles. The molecule has 1 amide bonds. The Kier molecular flexibility index (Phi) is 4.44. The predicted octanol–water partition coefficient (Wildman–Crippen LogP) is 2.86. The second-order valence-corrected chi connectivity index (χ2v) is 8.09. The lowest BCUT2D eigenvalue weighted by molar-refractivity contribution is -0.139. The lowest BCUT2D eigenvalue weighted by Crippen LogP contribution is -2.40. The van der Waals surface area contributed by atoms with Gasteiger partial charge in [0.05, 0.1) is 11.6 Å². The summed E-state index contributed by atoms with van der Waals surface area (Å²) >= 11 is 0. The zero-order chi connectivity index (χ0) is 20.1. The summed E-state index contributed by atoms with van der Waals surface area (Å²) in [6.45, 7) is 4.90. The van der Waals surface area contributed by atoms with Crippen molar-refractivity contribution in [1.29, 1.82) is 0 Å². The summed E-state index contributed by atoms with van der Waals surface area (Å²) in [5, 5.41) is 13.6. The number of carboxylic acids is 1. The van der Waals surface area contributed by atoms with Crippen molar-refractivity contribution in [3.05, 3.63) is 41.7 Å². The first-order chi connectivity index (χ1) is 13.3. The van der Waals surface area contributed by atoms with Crippen LogP contribution < -0.4 is 0 Å². The van der Waals surface area contributed by atoms with Crippen LogP contribution in [0.5, 0.6) is 0 Å². The van der Waals surface area contributed by atoms with Crippen molar-refractivity contribution in [2.75, 3.05) is 13.1 Å². The summed E-state index contributed by atoms with van der Waals surface area (Å²) in [5.74, 6) is -0.969. The van der Waals surface area contributed by atoms with Crippen molar-refractivity contribution >= 4 is 11.9 Å². The highest BCUT2D eigenvalue weighted by molar-refractivity contribution is 5.90. The zero-order valence-electron chi connectivity index (χ0n) is 15.9. The lowest BCUT2D eigenvalue weighted by Gasteiger charge is -2.31. The number of aromatic nitrogens is 3. The summed E-state index contributed by atoms with van der Waals surface area (Å²) < 4.78 is 15.2. The number of carboxylic acid groups (broad SMARTS) is 1. The number of hydrogen-bond acceptors (Lipinski definition) is 4. The van der Waals surface area contributed by atoms with E-state index >= 15 is 0 Å².